The van der Waals surface area contributed by atoms with E-state index in [2.05, 4.69) is 4.98 Å². The number of fused-ring (bicyclic) bond motifs is 1. The van der Waals surface area contributed by atoms with Crippen LogP contribution >= 0.6 is 0 Å². The van der Waals surface area contributed by atoms with Gasteiger partial charge in [-0.2, -0.15) is 0 Å². The van der Waals surface area contributed by atoms with Gasteiger partial charge in [0.15, 0.2) is 0 Å². The third-order valence-corrected chi connectivity index (χ3v) is 4.72. The van der Waals surface area contributed by atoms with Crippen LogP contribution in [0.2, 0.25) is 0 Å². The van der Waals surface area contributed by atoms with Crippen molar-refractivity contribution in [3.8, 4) is 5.75 Å². The number of aromatic amines is 1. The molecule has 1 unspecified atom stereocenters. The van der Waals surface area contributed by atoms with E-state index in [4.69, 9.17) is 21.3 Å². The van der Waals surface area contributed by atoms with Gasteiger partial charge in [0, 0.05) is 0 Å². The predicted octanol–water partition coefficient (Wildman–Crippen LogP) is -0.456. The molecule has 1 amide bonds. The van der Waals surface area contributed by atoms with Gasteiger partial charge < -0.3 is 0 Å². The number of carboxylic acid groups (broad SMARTS) is 1. The molecule has 22 heavy (non-hydrogen) atoms. The minimum atomic E-state index is -1.15. The number of benzene rings is 1. The molecule has 0 aliphatic carbocycles. The molecular weight excluding hydrogens is 491 g/mol. The summed E-state index contributed by atoms with van der Waals surface area (Å²) in [6.45, 7) is 0. The Morgan fingerprint density at radius 2 is 2.18 bits per heavy atom. The van der Waals surface area contributed by atoms with Gasteiger partial charge in [-0.1, -0.05) is 0 Å². The average molecular weight is 504 g/mol. The number of amides is 1. The zero-order valence-corrected chi connectivity index (χ0v) is 14.4. The van der Waals surface area contributed by atoms with E-state index in [9.17, 15) is 14.0 Å². The number of methoxy groups -OCH3 is 1. The molecule has 0 saturated carbocycles. The first-order valence-electron chi connectivity index (χ1n) is 6.12. The van der Waals surface area contributed by atoms with Crippen molar-refractivity contribution in [1.29, 1.82) is 0 Å². The molecule has 0 spiro atoms. The normalized spacial score (nSPS) is 12.4. The molecule has 0 fully saturated rings. The summed E-state index contributed by atoms with van der Waals surface area (Å²) in [6.07, 6.45) is 1.56. The van der Waals surface area contributed by atoms with E-state index >= 15 is 0 Å². The third-order valence-electron chi connectivity index (χ3n) is 3.25. The molecule has 6 N–H and O–H groups in total. The third kappa shape index (κ3) is 2.66. The number of H-pyrrole nitrogens is 1. The van der Waals surface area contributed by atoms with Gasteiger partial charge >= 0.3 is 140 Å². The first-order chi connectivity index (χ1) is 10.3. The van der Waals surface area contributed by atoms with Crippen molar-refractivity contribution in [1.82, 2.24) is 4.98 Å². The van der Waals surface area contributed by atoms with Crippen molar-refractivity contribution >= 4 is 26.1 Å². The fourth-order valence-electron chi connectivity index (χ4n) is 2.23. The maximum atomic E-state index is 14.4. The quantitative estimate of drug-likeness (QED) is 0.438. The summed E-state index contributed by atoms with van der Waals surface area (Å²) < 4.78 is 19.7. The number of hydrogen-bond donors (Lipinski definition) is 4. The summed E-state index contributed by atoms with van der Waals surface area (Å²) >= 11 is 1.06. The monoisotopic (exact) mass is 504 g/mol. The number of carbonyl (C=O) groups is 2. The summed E-state index contributed by atoms with van der Waals surface area (Å²) in [4.78, 5) is 25.3. The molecule has 1 aromatic carbocycles. The fraction of sp³-hybridized carbons (Fsp3) is 0.231. The zero-order valence-electron chi connectivity index (χ0n) is 11.4. The molecule has 1 atom stereocenters. The molecule has 0 saturated heterocycles. The molecule has 1 heterocycles. The number of nitrogens with two attached hydrogens (primary N) is 2. The molecule has 118 valence electrons. The summed E-state index contributed by atoms with van der Waals surface area (Å²) in [5.74, 6) is -3.04. The topological polar surface area (TPSA) is 131 Å². The van der Waals surface area contributed by atoms with Gasteiger partial charge in [-0.15, -0.1) is 0 Å². The second-order valence-corrected chi connectivity index (χ2v) is 6.08. The molecule has 1 aromatic heterocycles. The molecular formula is C13H13AtFN3O4. The van der Waals surface area contributed by atoms with Crippen LogP contribution in [0.5, 0.6) is 5.75 Å². The van der Waals surface area contributed by atoms with Crippen molar-refractivity contribution < 1.29 is 48.5 Å². The Morgan fingerprint density at radius 3 is 2.68 bits per heavy atom. The number of aliphatic carboxylic acids is 1. The number of carboxylic acids is 1. The minimum absolute atomic E-state index is 0.0259. The van der Waals surface area contributed by atoms with E-state index in [1.54, 1.807) is 0 Å². The van der Waals surface area contributed by atoms with E-state index in [-0.39, 0.29) is 17.7 Å². The van der Waals surface area contributed by atoms with Crippen LogP contribution in [0.4, 0.5) is 4.39 Å². The van der Waals surface area contributed by atoms with Crippen molar-refractivity contribution in [3.63, 3.8) is 0 Å². The van der Waals surface area contributed by atoms with E-state index in [0.29, 0.717) is 19.7 Å². The molecule has 2 rings (SSSR count). The van der Waals surface area contributed by atoms with E-state index < -0.39 is 23.7 Å². The van der Waals surface area contributed by atoms with Crippen molar-refractivity contribution in [3.05, 3.63) is 23.1 Å². The Bertz CT molecular complexity index is 774. The van der Waals surface area contributed by atoms with Crippen LogP contribution < -0.4 is 19.5 Å². The molecule has 2 aromatic rings. The van der Waals surface area contributed by atoms with Crippen molar-refractivity contribution in [2.75, 3.05) is 7.11 Å². The summed E-state index contributed by atoms with van der Waals surface area (Å²) in [7, 11) is 1.27. The zero-order chi connectivity index (χ0) is 16.6. The fourth-order valence-corrected chi connectivity index (χ4v) is 3.76. The molecule has 0 bridgehead atoms. The summed E-state index contributed by atoms with van der Waals surface area (Å²) in [5, 5.41) is 9.43. The number of halogens is 1. The average Bonchev–Trinajstić information content (AvgIpc) is 2.82. The van der Waals surface area contributed by atoms with Gasteiger partial charge in [-0.3, -0.25) is 0 Å². The van der Waals surface area contributed by atoms with E-state index in [0.717, 1.165) is 24.7 Å². The molecule has 7 nitrogen and oxygen atoms in total. The number of nitrogens with one attached hydrogen (secondary N) is 1. The van der Waals surface area contributed by atoms with Crippen LogP contribution in [0.25, 0.3) is 10.9 Å². The van der Waals surface area contributed by atoms with Gasteiger partial charge in [0.25, 0.3) is 0 Å². The first kappa shape index (κ1) is 16.6. The first-order valence-corrected chi connectivity index (χ1v) is 7.59. The van der Waals surface area contributed by atoms with Gasteiger partial charge in [-0.05, 0) is 0 Å². The van der Waals surface area contributed by atoms with Crippen LogP contribution in [0.15, 0.2) is 6.20 Å². The van der Waals surface area contributed by atoms with Crippen molar-refractivity contribution in [2.45, 2.75) is 12.5 Å². The van der Waals surface area contributed by atoms with E-state index in [1.807, 2.05) is 0 Å². The Labute approximate surface area is 139 Å². The molecule has 0 aliphatic heterocycles. The second kappa shape index (κ2) is 6.18. The number of carbonyl (C=O) groups excluding carboxylic acids is 1. The number of aromatic nitrogens is 1. The summed E-state index contributed by atoms with van der Waals surface area (Å²) in [5.41, 5.74) is 11.4. The molecule has 0 radical (unpaired) electrons. The standard InChI is InChI=1S/C13H13AtFN3O4/c1-22-11-9(15)7(12(17)19)8(14)6-4(3-18-10(6)11)2-5(16)13(20)21/h3,5,18H,2,16H2,1H3,(H2,17,19)(H,20,21). The number of hydrogen-bond acceptors (Lipinski definition) is 4. The summed E-state index contributed by atoms with van der Waals surface area (Å²) in [6, 6.07) is -1.11. The Kier molecular flexibility index (Phi) is 4.67. The van der Waals surface area contributed by atoms with E-state index in [1.165, 1.54) is 13.3 Å². The molecule has 0 aliphatic rings. The predicted molar refractivity (Wildman–Crippen MR) is 72.3 cm³/mol. The Morgan fingerprint density at radius 1 is 1.55 bits per heavy atom. The van der Waals surface area contributed by atoms with Gasteiger partial charge in [0.2, 0.25) is 0 Å². The molecule has 9 heteroatoms. The SMILES string of the molecule is COc1c(F)c(C(N)=O)c([At])c2c(CC(N)C(=O)O)c[nH]c12. The van der Waals surface area contributed by atoms with Crippen LogP contribution in [0, 0.1) is 30.5 Å². The van der Waals surface area contributed by atoms with Gasteiger partial charge in [-0.25, -0.2) is 0 Å². The number of primary amides is 1. The number of ether oxygens (including phenoxy) is 1. The van der Waals surface area contributed by atoms with Crippen LogP contribution in [0.3, 0.4) is 0 Å². The second-order valence-electron chi connectivity index (χ2n) is 4.61. The Hall–Kier alpha value is -1.73. The van der Waals surface area contributed by atoms with Gasteiger partial charge in [0.1, 0.15) is 0 Å². The van der Waals surface area contributed by atoms with Crippen LogP contribution in [-0.2, 0) is 11.2 Å². The van der Waals surface area contributed by atoms with Gasteiger partial charge in [0.05, 0.1) is 0 Å². The Balaban J connectivity index is 2.76. The van der Waals surface area contributed by atoms with Crippen LogP contribution in [0.1, 0.15) is 15.9 Å². The number of rotatable bonds is 5. The maximum absolute atomic E-state index is 14.4. The van der Waals surface area contributed by atoms with Crippen LogP contribution in [-0.4, -0.2) is 35.1 Å². The van der Waals surface area contributed by atoms with Crippen molar-refractivity contribution in [2.24, 2.45) is 11.5 Å².